The first kappa shape index (κ1) is 15.0. The fourth-order valence-electron chi connectivity index (χ4n) is 2.81. The van der Waals surface area contributed by atoms with Gasteiger partial charge in [0.25, 0.3) is 0 Å². The highest BCUT2D eigenvalue weighted by molar-refractivity contribution is 8.03. The molecule has 1 unspecified atom stereocenters. The van der Waals surface area contributed by atoms with Crippen LogP contribution in [-0.4, -0.2) is 23.4 Å². The van der Waals surface area contributed by atoms with Crippen molar-refractivity contribution in [3.8, 4) is 0 Å². The number of hydrogen-bond acceptors (Lipinski definition) is 4. The number of rotatable bonds is 2. The largest absolute Gasteiger partial charge is 0.478 e. The second kappa shape index (κ2) is 6.13. The van der Waals surface area contributed by atoms with E-state index in [4.69, 9.17) is 4.74 Å². The van der Waals surface area contributed by atoms with Crippen LogP contribution in [0.1, 0.15) is 26.3 Å². The van der Waals surface area contributed by atoms with Crippen molar-refractivity contribution < 1.29 is 14.3 Å². The fourth-order valence-corrected chi connectivity index (χ4v) is 3.82. The van der Waals surface area contributed by atoms with Crippen LogP contribution < -0.4 is 0 Å². The molecular weight excluding hydrogens is 320 g/mol. The lowest BCUT2D eigenvalue weighted by Gasteiger charge is -2.05. The molecule has 0 saturated carbocycles. The molecular formula is C20H14O3S. The van der Waals surface area contributed by atoms with Gasteiger partial charge in [-0.15, -0.1) is 0 Å². The summed E-state index contributed by atoms with van der Waals surface area (Å²) in [6, 6.07) is 16.9. The van der Waals surface area contributed by atoms with Crippen molar-refractivity contribution in [1.82, 2.24) is 0 Å². The molecule has 2 aromatic carbocycles. The summed E-state index contributed by atoms with van der Waals surface area (Å²) >= 11 is 1.43. The van der Waals surface area contributed by atoms with Gasteiger partial charge in [-0.2, -0.15) is 0 Å². The molecule has 0 spiro atoms. The van der Waals surface area contributed by atoms with Gasteiger partial charge >= 0.3 is 0 Å². The summed E-state index contributed by atoms with van der Waals surface area (Å²) in [4.78, 5) is 25.0. The molecule has 1 fully saturated rings. The molecule has 0 amide bonds. The average molecular weight is 334 g/mol. The van der Waals surface area contributed by atoms with E-state index in [1.54, 1.807) is 24.3 Å². The van der Waals surface area contributed by atoms with Gasteiger partial charge in [-0.1, -0.05) is 72.4 Å². The van der Waals surface area contributed by atoms with Crippen molar-refractivity contribution in [2.24, 2.45) is 0 Å². The zero-order valence-electron chi connectivity index (χ0n) is 12.8. The van der Waals surface area contributed by atoms with Crippen molar-refractivity contribution in [3.63, 3.8) is 0 Å². The van der Waals surface area contributed by atoms with Crippen LogP contribution in [-0.2, 0) is 4.74 Å². The molecule has 118 valence electrons. The maximum Gasteiger partial charge on any atom is 0.202 e. The van der Waals surface area contributed by atoms with Gasteiger partial charge in [-0.25, -0.2) is 0 Å². The average Bonchev–Trinajstić information content (AvgIpc) is 3.18. The molecule has 0 N–H and O–H groups in total. The van der Waals surface area contributed by atoms with Gasteiger partial charge in [0.2, 0.25) is 11.6 Å². The molecule has 2 aliphatic rings. The summed E-state index contributed by atoms with van der Waals surface area (Å²) in [5.74, 6) is 0.232. The lowest BCUT2D eigenvalue weighted by Crippen LogP contribution is -2.07. The monoisotopic (exact) mass is 334 g/mol. The van der Waals surface area contributed by atoms with E-state index in [-0.39, 0.29) is 23.2 Å². The van der Waals surface area contributed by atoms with Gasteiger partial charge < -0.3 is 4.74 Å². The van der Waals surface area contributed by atoms with E-state index in [0.29, 0.717) is 22.0 Å². The predicted octanol–water partition coefficient (Wildman–Crippen LogP) is 4.12. The molecule has 0 bridgehead atoms. The second-order valence-electron chi connectivity index (χ2n) is 5.60. The summed E-state index contributed by atoms with van der Waals surface area (Å²) in [6.45, 7) is 0. The summed E-state index contributed by atoms with van der Waals surface area (Å²) in [5, 5.41) is 0.448. The second-order valence-corrected chi connectivity index (χ2v) is 6.60. The van der Waals surface area contributed by atoms with E-state index in [9.17, 15) is 9.59 Å². The van der Waals surface area contributed by atoms with Gasteiger partial charge in [-0.05, 0) is 11.6 Å². The number of benzene rings is 2. The Morgan fingerprint density at radius 1 is 0.917 bits per heavy atom. The van der Waals surface area contributed by atoms with Gasteiger partial charge in [0.15, 0.2) is 5.09 Å². The first-order valence-electron chi connectivity index (χ1n) is 7.69. The van der Waals surface area contributed by atoms with Crippen molar-refractivity contribution >= 4 is 29.4 Å². The summed E-state index contributed by atoms with van der Waals surface area (Å²) in [6.07, 6.45) is 3.82. The van der Waals surface area contributed by atoms with E-state index >= 15 is 0 Å². The molecule has 0 radical (unpaired) electrons. The fraction of sp³-hybridized carbons (Fsp3) is 0.100. The Morgan fingerprint density at radius 2 is 1.54 bits per heavy atom. The minimum absolute atomic E-state index is 0.137. The quantitative estimate of drug-likeness (QED) is 0.612. The summed E-state index contributed by atoms with van der Waals surface area (Å²) < 4.78 is 5.85. The molecule has 1 aliphatic heterocycles. The van der Waals surface area contributed by atoms with E-state index in [0.717, 1.165) is 5.56 Å². The molecule has 1 saturated heterocycles. The minimum Gasteiger partial charge on any atom is -0.478 e. The maximum absolute atomic E-state index is 12.5. The van der Waals surface area contributed by atoms with E-state index in [1.165, 1.54) is 11.8 Å². The molecule has 3 nitrogen and oxygen atoms in total. The zero-order valence-corrected chi connectivity index (χ0v) is 13.6. The molecule has 1 aliphatic carbocycles. The standard InChI is InChI=1S/C20H14O3S/c21-18-15-8-4-5-9-16(15)19(22)17(18)20-23-14(12-24-20)11-10-13-6-2-1-3-7-13/h1-11,14H,12H2/b11-10+. The van der Waals surface area contributed by atoms with Crippen LogP contribution in [0.3, 0.4) is 0 Å². The topological polar surface area (TPSA) is 43.4 Å². The minimum atomic E-state index is -0.231. The maximum atomic E-state index is 12.5. The number of thioether (sulfide) groups is 1. The van der Waals surface area contributed by atoms with Crippen LogP contribution in [0.2, 0.25) is 0 Å². The lowest BCUT2D eigenvalue weighted by molar-refractivity contribution is 0.0976. The molecule has 4 heteroatoms. The van der Waals surface area contributed by atoms with Crippen LogP contribution >= 0.6 is 11.8 Å². The molecule has 0 aromatic heterocycles. The van der Waals surface area contributed by atoms with Crippen molar-refractivity contribution in [1.29, 1.82) is 0 Å². The number of carbonyl (C=O) groups excluding carboxylic acids is 2. The van der Waals surface area contributed by atoms with Crippen LogP contribution in [0.4, 0.5) is 0 Å². The number of allylic oxidation sites excluding steroid dienone is 1. The number of Topliss-reactive ketones (excluding diaryl/α,β-unsaturated/α-hetero) is 2. The van der Waals surface area contributed by atoms with Crippen molar-refractivity contribution in [3.05, 3.63) is 88.0 Å². The number of fused-ring (bicyclic) bond motifs is 1. The molecule has 2 aromatic rings. The Labute approximate surface area is 144 Å². The Bertz CT molecular complexity index is 844. The predicted molar refractivity (Wildman–Crippen MR) is 94.9 cm³/mol. The highest BCUT2D eigenvalue weighted by Gasteiger charge is 2.38. The Hall–Kier alpha value is -2.59. The van der Waals surface area contributed by atoms with Crippen LogP contribution in [0, 0.1) is 0 Å². The molecule has 24 heavy (non-hydrogen) atoms. The van der Waals surface area contributed by atoms with Crippen LogP contribution in [0.15, 0.2) is 71.3 Å². The van der Waals surface area contributed by atoms with Crippen LogP contribution in [0.25, 0.3) is 6.08 Å². The van der Waals surface area contributed by atoms with Gasteiger partial charge in [0, 0.05) is 16.9 Å². The molecule has 1 atom stereocenters. The summed E-state index contributed by atoms with van der Waals surface area (Å²) in [5.41, 5.74) is 2.21. The highest BCUT2D eigenvalue weighted by atomic mass is 32.2. The third-order valence-electron chi connectivity index (χ3n) is 4.01. The Morgan fingerprint density at radius 3 is 2.21 bits per heavy atom. The normalized spacial score (nSPS) is 19.9. The third kappa shape index (κ3) is 2.59. The number of hydrogen-bond donors (Lipinski definition) is 0. The lowest BCUT2D eigenvalue weighted by atomic mass is 10.1. The Kier molecular flexibility index (Phi) is 3.82. The molecule has 4 rings (SSSR count). The van der Waals surface area contributed by atoms with E-state index < -0.39 is 0 Å². The highest BCUT2D eigenvalue weighted by Crippen LogP contribution is 2.38. The van der Waals surface area contributed by atoms with Crippen molar-refractivity contribution in [2.75, 3.05) is 5.75 Å². The number of carbonyl (C=O) groups is 2. The molecule has 1 heterocycles. The van der Waals surface area contributed by atoms with Crippen LogP contribution in [0.5, 0.6) is 0 Å². The van der Waals surface area contributed by atoms with E-state index in [2.05, 4.69) is 0 Å². The van der Waals surface area contributed by atoms with Crippen molar-refractivity contribution in [2.45, 2.75) is 6.10 Å². The zero-order chi connectivity index (χ0) is 16.5. The van der Waals surface area contributed by atoms with Gasteiger partial charge in [0.05, 0.1) is 0 Å². The van der Waals surface area contributed by atoms with Gasteiger partial charge in [0.1, 0.15) is 11.7 Å². The first-order valence-corrected chi connectivity index (χ1v) is 8.68. The number of ketones is 2. The Balaban J connectivity index is 1.57. The number of ether oxygens (including phenoxy) is 1. The SMILES string of the molecule is O=C1C(=C2OC(/C=C/c3ccccc3)CS2)C(=O)c2ccccc21. The smallest absolute Gasteiger partial charge is 0.202 e. The third-order valence-corrected chi connectivity index (χ3v) is 5.07. The first-order chi connectivity index (χ1) is 11.7. The summed E-state index contributed by atoms with van der Waals surface area (Å²) in [7, 11) is 0. The van der Waals surface area contributed by atoms with Gasteiger partial charge in [-0.3, -0.25) is 9.59 Å². The van der Waals surface area contributed by atoms with E-state index in [1.807, 2.05) is 42.5 Å².